The third kappa shape index (κ3) is 4.65. The van der Waals surface area contributed by atoms with Gasteiger partial charge in [0.2, 0.25) is 0 Å². The smallest absolute Gasteiger partial charge is 0.173 e. The normalized spacial score (nSPS) is 12.9. The van der Waals surface area contributed by atoms with Gasteiger partial charge in [-0.3, -0.25) is 0 Å². The fraction of sp³-hybridized carbons (Fsp3) is 0.533. The lowest BCUT2D eigenvalue weighted by Gasteiger charge is -2.35. The maximum Gasteiger partial charge on any atom is 0.173 e. The lowest BCUT2D eigenvalue weighted by Crippen LogP contribution is -2.49. The Balaban J connectivity index is 2.35. The van der Waals surface area contributed by atoms with Gasteiger partial charge < -0.3 is 5.09 Å². The summed E-state index contributed by atoms with van der Waals surface area (Å²) in [7, 11) is -1.48. The molecule has 0 heterocycles. The van der Waals surface area contributed by atoms with Crippen molar-refractivity contribution in [2.24, 2.45) is 5.10 Å². The molecular formula is C15H26N2Si. The molecule has 0 aliphatic rings. The van der Waals surface area contributed by atoms with Gasteiger partial charge in [0.15, 0.2) is 8.24 Å². The number of rotatable bonds is 5. The maximum atomic E-state index is 4.41. The van der Waals surface area contributed by atoms with Gasteiger partial charge >= 0.3 is 0 Å². The standard InChI is InChI=1S/C15H26N2Si/c1-15(2,3)18(4,5)17-16-13-9-12-14-10-7-6-8-11-14/h6-8,10-11,13,17H,9,12H2,1-5H3/b16-13+. The van der Waals surface area contributed by atoms with Crippen LogP contribution in [0.1, 0.15) is 32.8 Å². The van der Waals surface area contributed by atoms with Crippen molar-refractivity contribution >= 4 is 14.5 Å². The molecule has 0 fully saturated rings. The number of aryl methyl sites for hydroxylation is 1. The van der Waals surface area contributed by atoms with Crippen molar-refractivity contribution in [3.05, 3.63) is 35.9 Å². The molecule has 0 saturated carbocycles. The van der Waals surface area contributed by atoms with Crippen LogP contribution in [-0.4, -0.2) is 14.5 Å². The van der Waals surface area contributed by atoms with Crippen molar-refractivity contribution in [2.75, 3.05) is 0 Å². The largest absolute Gasteiger partial charge is 0.337 e. The molecule has 0 spiro atoms. The molecule has 0 bridgehead atoms. The lowest BCUT2D eigenvalue weighted by molar-refractivity contribution is 0.692. The Morgan fingerprint density at radius 1 is 1.17 bits per heavy atom. The summed E-state index contributed by atoms with van der Waals surface area (Å²) in [5, 5.41) is 8.13. The van der Waals surface area contributed by atoms with Crippen molar-refractivity contribution in [3.8, 4) is 0 Å². The second-order valence-electron chi connectivity index (χ2n) is 6.32. The Hall–Kier alpha value is -1.09. The molecule has 1 aromatic rings. The Kier molecular flexibility index (Phi) is 5.14. The van der Waals surface area contributed by atoms with Gasteiger partial charge in [-0.15, -0.1) is 0 Å². The number of hydrogen-bond donors (Lipinski definition) is 1. The zero-order valence-electron chi connectivity index (χ0n) is 12.3. The van der Waals surface area contributed by atoms with Crippen molar-refractivity contribution in [1.29, 1.82) is 0 Å². The third-order valence-electron chi connectivity index (χ3n) is 3.72. The topological polar surface area (TPSA) is 24.4 Å². The van der Waals surface area contributed by atoms with Crippen LogP contribution in [0.2, 0.25) is 18.1 Å². The summed E-state index contributed by atoms with van der Waals surface area (Å²) < 4.78 is 0. The van der Waals surface area contributed by atoms with E-state index in [1.165, 1.54) is 5.56 Å². The van der Waals surface area contributed by atoms with Crippen LogP contribution in [0.4, 0.5) is 0 Å². The van der Waals surface area contributed by atoms with E-state index in [2.05, 4.69) is 74.4 Å². The number of nitrogens with one attached hydrogen (secondary N) is 1. The molecule has 0 aromatic heterocycles. The van der Waals surface area contributed by atoms with Crippen molar-refractivity contribution < 1.29 is 0 Å². The lowest BCUT2D eigenvalue weighted by atomic mass is 10.1. The first-order valence-electron chi connectivity index (χ1n) is 6.65. The molecule has 1 rings (SSSR count). The summed E-state index contributed by atoms with van der Waals surface area (Å²) in [6, 6.07) is 10.5. The molecule has 2 nitrogen and oxygen atoms in total. The van der Waals surface area contributed by atoms with Crippen LogP contribution in [0, 0.1) is 0 Å². The molecule has 0 aliphatic heterocycles. The molecule has 0 unspecified atom stereocenters. The van der Waals surface area contributed by atoms with Crippen LogP contribution in [0.3, 0.4) is 0 Å². The highest BCUT2D eigenvalue weighted by atomic mass is 28.3. The van der Waals surface area contributed by atoms with E-state index < -0.39 is 8.24 Å². The fourth-order valence-corrected chi connectivity index (χ4v) is 2.06. The molecule has 3 heteroatoms. The summed E-state index contributed by atoms with van der Waals surface area (Å²) >= 11 is 0. The number of hydrazone groups is 1. The van der Waals surface area contributed by atoms with Crippen LogP contribution in [0.15, 0.2) is 35.4 Å². The minimum absolute atomic E-state index is 0.323. The van der Waals surface area contributed by atoms with E-state index >= 15 is 0 Å². The average molecular weight is 262 g/mol. The van der Waals surface area contributed by atoms with Crippen LogP contribution in [0.25, 0.3) is 0 Å². The van der Waals surface area contributed by atoms with Gasteiger partial charge in [-0.25, -0.2) is 5.10 Å². The van der Waals surface area contributed by atoms with Crippen LogP contribution in [0.5, 0.6) is 0 Å². The summed E-state index contributed by atoms with van der Waals surface area (Å²) in [4.78, 5) is 0. The van der Waals surface area contributed by atoms with Gasteiger partial charge in [0.1, 0.15) is 0 Å². The summed E-state index contributed by atoms with van der Waals surface area (Å²) in [6.07, 6.45) is 4.06. The zero-order chi connectivity index (χ0) is 13.6. The second-order valence-corrected chi connectivity index (χ2v) is 11.3. The van der Waals surface area contributed by atoms with Crippen molar-refractivity contribution in [2.45, 2.75) is 51.7 Å². The van der Waals surface area contributed by atoms with Crippen LogP contribution < -0.4 is 5.09 Å². The highest BCUT2D eigenvalue weighted by molar-refractivity contribution is 6.77. The number of nitrogens with zero attached hydrogens (tertiary/aromatic N) is 1. The quantitative estimate of drug-likeness (QED) is 0.480. The van der Waals surface area contributed by atoms with Crippen LogP contribution >= 0.6 is 0 Å². The molecule has 0 saturated heterocycles. The number of hydrogen-bond acceptors (Lipinski definition) is 2. The highest BCUT2D eigenvalue weighted by Crippen LogP contribution is 2.33. The molecule has 100 valence electrons. The Labute approximate surface area is 113 Å². The Morgan fingerprint density at radius 2 is 1.78 bits per heavy atom. The van der Waals surface area contributed by atoms with Crippen molar-refractivity contribution in [1.82, 2.24) is 5.09 Å². The van der Waals surface area contributed by atoms with Gasteiger partial charge in [0.25, 0.3) is 0 Å². The maximum absolute atomic E-state index is 4.41. The second kappa shape index (κ2) is 6.18. The van der Waals surface area contributed by atoms with E-state index in [0.717, 1.165) is 12.8 Å². The first-order chi connectivity index (χ1) is 8.33. The Bertz CT molecular complexity index is 377. The first kappa shape index (κ1) is 15.0. The number of benzene rings is 1. The Morgan fingerprint density at radius 3 is 2.33 bits per heavy atom. The fourth-order valence-electron chi connectivity index (χ4n) is 1.32. The first-order valence-corrected chi connectivity index (χ1v) is 9.65. The minimum Gasteiger partial charge on any atom is -0.337 e. The van der Waals surface area contributed by atoms with Crippen LogP contribution in [-0.2, 0) is 6.42 Å². The monoisotopic (exact) mass is 262 g/mol. The average Bonchev–Trinajstić information content (AvgIpc) is 2.28. The van der Waals surface area contributed by atoms with Crippen molar-refractivity contribution in [3.63, 3.8) is 0 Å². The summed E-state index contributed by atoms with van der Waals surface area (Å²) in [6.45, 7) is 11.5. The van der Waals surface area contributed by atoms with Gasteiger partial charge in [0.05, 0.1) is 0 Å². The van der Waals surface area contributed by atoms with Gasteiger partial charge in [-0.05, 0) is 36.5 Å². The predicted molar refractivity (Wildman–Crippen MR) is 83.6 cm³/mol. The van der Waals surface area contributed by atoms with Gasteiger partial charge in [0, 0.05) is 6.21 Å². The van der Waals surface area contributed by atoms with Gasteiger partial charge in [-0.2, -0.15) is 0 Å². The third-order valence-corrected chi connectivity index (χ3v) is 8.15. The summed E-state index contributed by atoms with van der Waals surface area (Å²) in [5.74, 6) is 0. The molecular weight excluding hydrogens is 236 g/mol. The molecule has 0 radical (unpaired) electrons. The molecule has 0 amide bonds. The van der Waals surface area contributed by atoms with E-state index in [9.17, 15) is 0 Å². The van der Waals surface area contributed by atoms with E-state index in [-0.39, 0.29) is 0 Å². The molecule has 1 aromatic carbocycles. The molecule has 0 aliphatic carbocycles. The highest BCUT2D eigenvalue weighted by Gasteiger charge is 2.35. The van der Waals surface area contributed by atoms with Gasteiger partial charge in [-0.1, -0.05) is 51.1 Å². The minimum atomic E-state index is -1.48. The molecule has 0 atom stereocenters. The molecule has 1 N–H and O–H groups in total. The van der Waals surface area contributed by atoms with E-state index in [0.29, 0.717) is 5.04 Å². The molecule has 18 heavy (non-hydrogen) atoms. The predicted octanol–water partition coefficient (Wildman–Crippen LogP) is 4.20. The van der Waals surface area contributed by atoms with E-state index in [1.807, 2.05) is 6.21 Å². The SMILES string of the molecule is CC(C)(C)[Si](C)(C)N/N=C/CCc1ccccc1. The summed E-state index contributed by atoms with van der Waals surface area (Å²) in [5.41, 5.74) is 1.37. The zero-order valence-corrected chi connectivity index (χ0v) is 13.3. The van der Waals surface area contributed by atoms with E-state index in [4.69, 9.17) is 0 Å². The van der Waals surface area contributed by atoms with E-state index in [1.54, 1.807) is 0 Å².